The van der Waals surface area contributed by atoms with Gasteiger partial charge in [-0.05, 0) is 58.7 Å². The molecule has 0 bridgehead atoms. The first-order valence-electron chi connectivity index (χ1n) is 6.03. The fourth-order valence-corrected chi connectivity index (χ4v) is 2.86. The number of halogens is 3. The fourth-order valence-electron chi connectivity index (χ4n) is 1.89. The van der Waals surface area contributed by atoms with E-state index in [2.05, 4.69) is 37.2 Å². The third kappa shape index (κ3) is 3.63. The Labute approximate surface area is 138 Å². The number of carbonyl (C=O) groups is 1. The topological polar surface area (TPSA) is 38.3 Å². The van der Waals surface area contributed by atoms with E-state index >= 15 is 0 Å². The maximum absolute atomic E-state index is 13.3. The van der Waals surface area contributed by atoms with Crippen LogP contribution >= 0.6 is 31.9 Å². The van der Waals surface area contributed by atoms with E-state index in [4.69, 9.17) is 4.74 Å². The first-order chi connectivity index (χ1) is 9.92. The molecule has 0 unspecified atom stereocenters. The van der Waals surface area contributed by atoms with Crippen LogP contribution in [0.3, 0.4) is 0 Å². The minimum atomic E-state index is -0.470. The summed E-state index contributed by atoms with van der Waals surface area (Å²) < 4.78 is 19.9. The number of rotatable bonds is 3. The summed E-state index contributed by atoms with van der Waals surface area (Å²) in [5.74, 6) is -0.351. The molecule has 0 aromatic heterocycles. The lowest BCUT2D eigenvalue weighted by molar-refractivity contribution is 0.102. The highest BCUT2D eigenvalue weighted by atomic mass is 79.9. The van der Waals surface area contributed by atoms with E-state index in [1.54, 1.807) is 6.07 Å². The van der Waals surface area contributed by atoms with Crippen LogP contribution in [0.2, 0.25) is 0 Å². The van der Waals surface area contributed by atoms with Crippen molar-refractivity contribution in [1.82, 2.24) is 0 Å². The lowest BCUT2D eigenvalue weighted by Crippen LogP contribution is -2.14. The van der Waals surface area contributed by atoms with Crippen LogP contribution in [0.5, 0.6) is 5.75 Å². The zero-order valence-electron chi connectivity index (χ0n) is 11.3. The summed E-state index contributed by atoms with van der Waals surface area (Å²) in [5, 5.41) is 2.76. The van der Waals surface area contributed by atoms with E-state index in [0.29, 0.717) is 15.9 Å². The summed E-state index contributed by atoms with van der Waals surface area (Å²) in [7, 11) is 1.52. The Morgan fingerprint density at radius 2 is 1.95 bits per heavy atom. The van der Waals surface area contributed by atoms with Crippen molar-refractivity contribution in [3.05, 3.63) is 56.2 Å². The van der Waals surface area contributed by atoms with Crippen LogP contribution in [0.25, 0.3) is 0 Å². The van der Waals surface area contributed by atoms with Gasteiger partial charge >= 0.3 is 0 Å². The average molecular weight is 417 g/mol. The molecule has 2 aromatic rings. The number of aryl methyl sites for hydroxylation is 1. The summed E-state index contributed by atoms with van der Waals surface area (Å²) in [6.07, 6.45) is 0. The van der Waals surface area contributed by atoms with Crippen LogP contribution in [0, 0.1) is 12.7 Å². The third-order valence-electron chi connectivity index (χ3n) is 2.90. The average Bonchev–Trinajstić information content (AvgIpc) is 2.43. The molecular weight excluding hydrogens is 405 g/mol. The van der Waals surface area contributed by atoms with Gasteiger partial charge in [-0.1, -0.05) is 15.9 Å². The number of methoxy groups -OCH3 is 1. The van der Waals surface area contributed by atoms with E-state index in [1.165, 1.54) is 25.3 Å². The number of carbonyl (C=O) groups excluding carboxylic acids is 1. The van der Waals surface area contributed by atoms with Gasteiger partial charge in [-0.15, -0.1) is 0 Å². The second-order valence-corrected chi connectivity index (χ2v) is 6.15. The van der Waals surface area contributed by atoms with E-state index in [-0.39, 0.29) is 5.56 Å². The zero-order chi connectivity index (χ0) is 15.6. The lowest BCUT2D eigenvalue weighted by Gasteiger charge is -2.14. The minimum Gasteiger partial charge on any atom is -0.495 e. The van der Waals surface area contributed by atoms with Gasteiger partial charge in [-0.25, -0.2) is 4.39 Å². The van der Waals surface area contributed by atoms with Crippen LogP contribution in [0.1, 0.15) is 15.9 Å². The molecule has 2 rings (SSSR count). The smallest absolute Gasteiger partial charge is 0.257 e. The second kappa shape index (κ2) is 6.58. The van der Waals surface area contributed by atoms with Gasteiger partial charge in [0.2, 0.25) is 0 Å². The Kier molecular flexibility index (Phi) is 5.00. The molecule has 1 amide bonds. The maximum Gasteiger partial charge on any atom is 0.257 e. The van der Waals surface area contributed by atoms with Gasteiger partial charge in [0.25, 0.3) is 5.91 Å². The number of benzene rings is 2. The van der Waals surface area contributed by atoms with Crippen molar-refractivity contribution >= 4 is 43.5 Å². The molecule has 1 N–H and O–H groups in total. The van der Waals surface area contributed by atoms with Gasteiger partial charge in [0.15, 0.2) is 0 Å². The normalized spacial score (nSPS) is 10.3. The van der Waals surface area contributed by atoms with Crippen molar-refractivity contribution < 1.29 is 13.9 Å². The number of anilines is 1. The van der Waals surface area contributed by atoms with Gasteiger partial charge in [0.05, 0.1) is 18.4 Å². The van der Waals surface area contributed by atoms with Crippen molar-refractivity contribution in [2.75, 3.05) is 12.4 Å². The van der Waals surface area contributed by atoms with Gasteiger partial charge in [-0.3, -0.25) is 4.79 Å². The highest BCUT2D eigenvalue weighted by Gasteiger charge is 2.15. The van der Waals surface area contributed by atoms with Gasteiger partial charge in [0.1, 0.15) is 11.6 Å². The van der Waals surface area contributed by atoms with Gasteiger partial charge < -0.3 is 10.1 Å². The molecule has 0 aliphatic carbocycles. The number of amides is 1. The Balaban J connectivity index is 2.38. The molecule has 3 nitrogen and oxygen atoms in total. The molecule has 21 heavy (non-hydrogen) atoms. The summed E-state index contributed by atoms with van der Waals surface area (Å²) >= 11 is 6.61. The summed E-state index contributed by atoms with van der Waals surface area (Å²) in [6.45, 7) is 1.85. The standard InChI is InChI=1S/C15H12Br2FNO2/c1-8-5-9(16)6-13(21-2)14(8)19-15(20)11-7-10(18)3-4-12(11)17/h3-7H,1-2H3,(H,19,20). The summed E-state index contributed by atoms with van der Waals surface area (Å²) in [5.41, 5.74) is 1.61. The first kappa shape index (κ1) is 16.0. The van der Waals surface area contributed by atoms with Crippen molar-refractivity contribution in [2.24, 2.45) is 0 Å². The van der Waals surface area contributed by atoms with Crippen molar-refractivity contribution in [2.45, 2.75) is 6.92 Å². The fraction of sp³-hybridized carbons (Fsp3) is 0.133. The van der Waals surface area contributed by atoms with E-state index < -0.39 is 11.7 Å². The molecule has 0 saturated carbocycles. The number of hydrogen-bond acceptors (Lipinski definition) is 2. The van der Waals surface area contributed by atoms with E-state index in [9.17, 15) is 9.18 Å². The quantitative estimate of drug-likeness (QED) is 0.771. The van der Waals surface area contributed by atoms with Crippen LogP contribution in [0.4, 0.5) is 10.1 Å². The third-order valence-corrected chi connectivity index (χ3v) is 4.04. The van der Waals surface area contributed by atoms with E-state index in [0.717, 1.165) is 10.0 Å². The van der Waals surface area contributed by atoms with E-state index in [1.807, 2.05) is 13.0 Å². The van der Waals surface area contributed by atoms with Crippen molar-refractivity contribution in [3.8, 4) is 5.75 Å². The predicted molar refractivity (Wildman–Crippen MR) is 87.5 cm³/mol. The van der Waals surface area contributed by atoms with Crippen LogP contribution < -0.4 is 10.1 Å². The van der Waals surface area contributed by atoms with Crippen molar-refractivity contribution in [3.63, 3.8) is 0 Å². The highest BCUT2D eigenvalue weighted by molar-refractivity contribution is 9.10. The molecule has 2 aromatic carbocycles. The number of nitrogens with one attached hydrogen (secondary N) is 1. The molecule has 0 heterocycles. The largest absolute Gasteiger partial charge is 0.495 e. The molecule has 0 radical (unpaired) electrons. The molecule has 0 fully saturated rings. The molecular formula is C15H12Br2FNO2. The summed E-state index contributed by atoms with van der Waals surface area (Å²) in [4.78, 5) is 12.3. The minimum absolute atomic E-state index is 0.222. The Morgan fingerprint density at radius 3 is 2.62 bits per heavy atom. The lowest BCUT2D eigenvalue weighted by atomic mass is 10.1. The Bertz CT molecular complexity index is 704. The number of ether oxygens (including phenoxy) is 1. The van der Waals surface area contributed by atoms with Crippen LogP contribution in [0.15, 0.2) is 39.3 Å². The highest BCUT2D eigenvalue weighted by Crippen LogP contribution is 2.32. The zero-order valence-corrected chi connectivity index (χ0v) is 14.5. The van der Waals surface area contributed by atoms with Crippen molar-refractivity contribution in [1.29, 1.82) is 0 Å². The SMILES string of the molecule is COc1cc(Br)cc(C)c1NC(=O)c1cc(F)ccc1Br. The maximum atomic E-state index is 13.3. The summed E-state index contributed by atoms with van der Waals surface area (Å²) in [6, 6.07) is 7.57. The Morgan fingerprint density at radius 1 is 1.24 bits per heavy atom. The predicted octanol–water partition coefficient (Wildman–Crippen LogP) is 4.92. The molecule has 0 aliphatic heterocycles. The van der Waals surface area contributed by atoms with Gasteiger partial charge in [-0.2, -0.15) is 0 Å². The van der Waals surface area contributed by atoms with Crippen LogP contribution in [-0.2, 0) is 0 Å². The molecule has 0 atom stereocenters. The monoisotopic (exact) mass is 415 g/mol. The second-order valence-electron chi connectivity index (χ2n) is 4.38. The first-order valence-corrected chi connectivity index (χ1v) is 7.61. The number of hydrogen-bond donors (Lipinski definition) is 1. The molecule has 0 saturated heterocycles. The molecule has 0 aliphatic rings. The molecule has 6 heteroatoms. The Hall–Kier alpha value is -1.40. The molecule has 110 valence electrons. The molecule has 0 spiro atoms. The van der Waals surface area contributed by atoms with Crippen LogP contribution in [-0.4, -0.2) is 13.0 Å². The van der Waals surface area contributed by atoms with Gasteiger partial charge in [0, 0.05) is 8.95 Å².